The smallest absolute Gasteiger partial charge is 0.337 e. The molecule has 0 spiro atoms. The number of nitrogens with zero attached hydrogens (tertiary/aromatic N) is 2. The summed E-state index contributed by atoms with van der Waals surface area (Å²) in [6.07, 6.45) is 0. The van der Waals surface area contributed by atoms with E-state index < -0.39 is 37.9 Å². The lowest BCUT2D eigenvalue weighted by Crippen LogP contribution is -2.25. The van der Waals surface area contributed by atoms with Gasteiger partial charge in [0.05, 0.1) is 18.2 Å². The van der Waals surface area contributed by atoms with E-state index in [0.717, 1.165) is 12.1 Å². The molecule has 12 heteroatoms. The number of halogens is 1. The van der Waals surface area contributed by atoms with Crippen LogP contribution in [0.4, 0.5) is 0 Å². The summed E-state index contributed by atoms with van der Waals surface area (Å²) in [7, 11) is -3.31. The summed E-state index contributed by atoms with van der Waals surface area (Å²) >= 11 is 5.84. The summed E-state index contributed by atoms with van der Waals surface area (Å²) in [6, 6.07) is 3.35. The van der Waals surface area contributed by atoms with Gasteiger partial charge in [-0.1, -0.05) is 11.6 Å². The number of primary sulfonamides is 1. The number of aromatic nitrogens is 2. The maximum absolute atomic E-state index is 11.9. The molecule has 0 aliphatic heterocycles. The normalized spacial score (nSPS) is 11.2. The van der Waals surface area contributed by atoms with E-state index in [9.17, 15) is 23.1 Å². The van der Waals surface area contributed by atoms with Crippen LogP contribution in [0.2, 0.25) is 5.15 Å². The fourth-order valence-corrected chi connectivity index (χ4v) is 3.23. The van der Waals surface area contributed by atoms with Crippen LogP contribution in [0.1, 0.15) is 20.7 Å². The van der Waals surface area contributed by atoms with Crippen LogP contribution in [0.15, 0.2) is 23.1 Å². The van der Waals surface area contributed by atoms with Crippen molar-refractivity contribution >= 4 is 33.5 Å². The van der Waals surface area contributed by atoms with E-state index in [0.29, 0.717) is 0 Å². The van der Waals surface area contributed by atoms with Gasteiger partial charge >= 0.3 is 5.97 Å². The fourth-order valence-electron chi connectivity index (χ4n) is 2.10. The maximum atomic E-state index is 11.9. The number of ether oxygens (including phenoxy) is 1. The summed E-state index contributed by atoms with van der Waals surface area (Å²) < 4.78 is 28.7. The summed E-state index contributed by atoms with van der Waals surface area (Å²) in [4.78, 5) is 30.1. The molecule has 0 aliphatic carbocycles. The number of hydrogen-bond acceptors (Lipinski definition) is 7. The van der Waals surface area contributed by atoms with Crippen LogP contribution >= 0.6 is 11.6 Å². The highest BCUT2D eigenvalue weighted by atomic mass is 35.5. The standard InChI is InChI=1S/C13H11ClN4O6S/c1-24-8-4-7(14)17-12(18-8)5-2-3-6(13(20)21)10(25(16,22)23)9(5)11(15)19/h2-4H,1H3,(H2,15,19)(H,20,21)(H2,16,22,23). The lowest BCUT2D eigenvalue weighted by molar-refractivity contribution is 0.0692. The number of carbonyl (C=O) groups excluding carboxylic acids is 1. The molecule has 0 saturated heterocycles. The third kappa shape index (κ3) is 3.68. The number of hydrogen-bond donors (Lipinski definition) is 3. The number of amides is 1. The Kier molecular flexibility index (Phi) is 4.92. The molecular weight excluding hydrogens is 376 g/mol. The van der Waals surface area contributed by atoms with Crippen molar-refractivity contribution in [3.8, 4) is 17.3 Å². The van der Waals surface area contributed by atoms with Crippen molar-refractivity contribution in [1.82, 2.24) is 9.97 Å². The Bertz CT molecular complexity index is 992. The number of nitrogens with two attached hydrogens (primary N) is 2. The number of carbonyl (C=O) groups is 2. The van der Waals surface area contributed by atoms with E-state index in [-0.39, 0.29) is 22.4 Å². The summed E-state index contributed by atoms with van der Waals surface area (Å²) in [5, 5.41) is 14.2. The molecule has 1 aromatic heterocycles. The Balaban J connectivity index is 2.96. The first kappa shape index (κ1) is 18.6. The van der Waals surface area contributed by atoms with Gasteiger partial charge in [0.25, 0.3) is 5.91 Å². The molecule has 0 atom stereocenters. The minimum absolute atomic E-state index is 0.0323. The zero-order valence-electron chi connectivity index (χ0n) is 12.6. The molecule has 0 fully saturated rings. The maximum Gasteiger partial charge on any atom is 0.337 e. The molecule has 2 aromatic rings. The van der Waals surface area contributed by atoms with E-state index in [2.05, 4.69) is 9.97 Å². The average Bonchev–Trinajstić information content (AvgIpc) is 2.51. The predicted molar refractivity (Wildman–Crippen MR) is 85.9 cm³/mol. The van der Waals surface area contributed by atoms with Crippen LogP contribution < -0.4 is 15.6 Å². The summed E-state index contributed by atoms with van der Waals surface area (Å²) in [5.74, 6) is -3.00. The number of carboxylic acids is 1. The summed E-state index contributed by atoms with van der Waals surface area (Å²) in [6.45, 7) is 0. The van der Waals surface area contributed by atoms with Crippen LogP contribution in [-0.4, -0.2) is 42.5 Å². The first-order valence-electron chi connectivity index (χ1n) is 6.38. The van der Waals surface area contributed by atoms with Crippen LogP contribution in [-0.2, 0) is 10.0 Å². The zero-order chi connectivity index (χ0) is 18.9. The highest BCUT2D eigenvalue weighted by Gasteiger charge is 2.29. The molecule has 0 bridgehead atoms. The number of sulfonamides is 1. The zero-order valence-corrected chi connectivity index (χ0v) is 14.1. The van der Waals surface area contributed by atoms with Crippen molar-refractivity contribution in [1.29, 1.82) is 0 Å². The Hall–Kier alpha value is -2.76. The lowest BCUT2D eigenvalue weighted by Gasteiger charge is -2.13. The van der Waals surface area contributed by atoms with E-state index >= 15 is 0 Å². The Morgan fingerprint density at radius 1 is 1.28 bits per heavy atom. The highest BCUT2D eigenvalue weighted by Crippen LogP contribution is 2.30. The minimum atomic E-state index is -4.61. The van der Waals surface area contributed by atoms with Gasteiger partial charge in [0.2, 0.25) is 15.9 Å². The molecule has 5 N–H and O–H groups in total. The molecule has 0 radical (unpaired) electrons. The predicted octanol–water partition coefficient (Wildman–Crippen LogP) is 0.250. The number of methoxy groups -OCH3 is 1. The van der Waals surface area contributed by atoms with Gasteiger partial charge in [-0.3, -0.25) is 4.79 Å². The first-order valence-corrected chi connectivity index (χ1v) is 8.30. The van der Waals surface area contributed by atoms with E-state index in [4.69, 9.17) is 27.2 Å². The molecule has 2 rings (SSSR count). The van der Waals surface area contributed by atoms with Crippen LogP contribution in [0.3, 0.4) is 0 Å². The van der Waals surface area contributed by atoms with Crippen molar-refractivity contribution in [2.24, 2.45) is 10.9 Å². The molecule has 25 heavy (non-hydrogen) atoms. The second-order valence-corrected chi connectivity index (χ2v) is 6.52. The van der Waals surface area contributed by atoms with E-state index in [1.165, 1.54) is 13.2 Å². The van der Waals surface area contributed by atoms with Crippen molar-refractivity contribution in [3.63, 3.8) is 0 Å². The van der Waals surface area contributed by atoms with Gasteiger partial charge in [0.15, 0.2) is 5.82 Å². The largest absolute Gasteiger partial charge is 0.481 e. The van der Waals surface area contributed by atoms with Crippen molar-refractivity contribution < 1.29 is 27.9 Å². The molecule has 1 amide bonds. The molecular formula is C13H11ClN4O6S. The molecule has 10 nitrogen and oxygen atoms in total. The number of rotatable bonds is 5. The summed E-state index contributed by atoms with van der Waals surface area (Å²) in [5.41, 5.74) is 3.72. The number of carboxylic acid groups (broad SMARTS) is 1. The van der Waals surface area contributed by atoms with Crippen molar-refractivity contribution in [2.45, 2.75) is 4.90 Å². The molecule has 0 saturated carbocycles. The average molecular weight is 387 g/mol. The molecule has 0 unspecified atom stereocenters. The van der Waals surface area contributed by atoms with Gasteiger partial charge in [-0.25, -0.2) is 23.3 Å². The fraction of sp³-hybridized carbons (Fsp3) is 0.0769. The highest BCUT2D eigenvalue weighted by molar-refractivity contribution is 7.89. The van der Waals surface area contributed by atoms with Crippen molar-refractivity contribution in [3.05, 3.63) is 34.5 Å². The Labute approximate surface area is 146 Å². The number of primary amides is 1. The number of benzene rings is 1. The Morgan fingerprint density at radius 2 is 1.92 bits per heavy atom. The first-order chi connectivity index (χ1) is 11.6. The third-order valence-corrected chi connectivity index (χ3v) is 4.23. The minimum Gasteiger partial charge on any atom is -0.481 e. The Morgan fingerprint density at radius 3 is 2.40 bits per heavy atom. The van der Waals surface area contributed by atoms with Gasteiger partial charge in [-0.15, -0.1) is 0 Å². The van der Waals surface area contributed by atoms with E-state index in [1.807, 2.05) is 0 Å². The second kappa shape index (κ2) is 6.63. The van der Waals surface area contributed by atoms with Gasteiger partial charge in [0.1, 0.15) is 10.0 Å². The second-order valence-electron chi connectivity index (χ2n) is 4.64. The molecule has 1 heterocycles. The van der Waals surface area contributed by atoms with Crippen molar-refractivity contribution in [2.75, 3.05) is 7.11 Å². The van der Waals surface area contributed by atoms with Gasteiger partial charge in [-0.05, 0) is 12.1 Å². The monoisotopic (exact) mass is 386 g/mol. The lowest BCUT2D eigenvalue weighted by atomic mass is 10.0. The third-order valence-electron chi connectivity index (χ3n) is 3.04. The number of aromatic carboxylic acids is 1. The van der Waals surface area contributed by atoms with Crippen LogP contribution in [0.25, 0.3) is 11.4 Å². The molecule has 0 aliphatic rings. The van der Waals surface area contributed by atoms with E-state index in [1.54, 1.807) is 0 Å². The van der Waals surface area contributed by atoms with Gasteiger partial charge < -0.3 is 15.6 Å². The molecule has 132 valence electrons. The SMILES string of the molecule is COc1cc(Cl)nc(-c2ccc(C(=O)O)c(S(N)(=O)=O)c2C(N)=O)n1. The van der Waals surface area contributed by atoms with Gasteiger partial charge in [-0.2, -0.15) is 4.98 Å². The van der Waals surface area contributed by atoms with Crippen LogP contribution in [0.5, 0.6) is 5.88 Å². The quantitative estimate of drug-likeness (QED) is 0.612. The topological polar surface area (TPSA) is 176 Å². The van der Waals surface area contributed by atoms with Crippen LogP contribution in [0, 0.1) is 0 Å². The molecule has 1 aromatic carbocycles. The van der Waals surface area contributed by atoms with Gasteiger partial charge in [0, 0.05) is 11.6 Å².